The fraction of sp³-hybridized carbons (Fsp3) is 0.375. The van der Waals surface area contributed by atoms with Gasteiger partial charge in [0.1, 0.15) is 24.8 Å². The van der Waals surface area contributed by atoms with Crippen molar-refractivity contribution in [2.75, 3.05) is 17.2 Å². The molecule has 1 N–H and O–H groups in total. The number of nitrogens with one attached hydrogen (secondary N) is 1. The van der Waals surface area contributed by atoms with Crippen molar-refractivity contribution in [1.82, 2.24) is 5.32 Å². The molecule has 1 unspecified atom stereocenters. The highest BCUT2D eigenvalue weighted by Gasteiger charge is 2.37. The minimum absolute atomic E-state index is 0.0302. The Bertz CT molecular complexity index is 1090. The van der Waals surface area contributed by atoms with Gasteiger partial charge in [0.2, 0.25) is 0 Å². The minimum Gasteiger partial charge on any atom is -0.459 e. The van der Waals surface area contributed by atoms with Crippen molar-refractivity contribution in [3.8, 4) is 0 Å². The summed E-state index contributed by atoms with van der Waals surface area (Å²) >= 11 is 1.09. The number of esters is 1. The van der Waals surface area contributed by atoms with E-state index in [4.69, 9.17) is 9.47 Å². The normalized spacial score (nSPS) is 16.2. The Morgan fingerprint density at radius 2 is 1.80 bits per heavy atom. The first-order valence-electron chi connectivity index (χ1n) is 10.7. The second-order valence-corrected chi connectivity index (χ2v) is 9.82. The molecule has 0 aromatic heterocycles. The van der Waals surface area contributed by atoms with E-state index in [1.807, 2.05) is 6.07 Å². The van der Waals surface area contributed by atoms with Crippen LogP contribution in [0, 0.1) is 0 Å². The Morgan fingerprint density at radius 1 is 1.11 bits per heavy atom. The van der Waals surface area contributed by atoms with Crippen LogP contribution in [0.1, 0.15) is 31.9 Å². The maximum Gasteiger partial charge on any atom is 0.416 e. The van der Waals surface area contributed by atoms with E-state index in [-0.39, 0.29) is 18.0 Å². The van der Waals surface area contributed by atoms with Gasteiger partial charge in [-0.3, -0.25) is 14.5 Å². The number of carbonyl (C=O) groups is 3. The van der Waals surface area contributed by atoms with Crippen LogP contribution in [-0.4, -0.2) is 41.9 Å². The van der Waals surface area contributed by atoms with Crippen LogP contribution in [0.3, 0.4) is 0 Å². The zero-order chi connectivity index (χ0) is 25.8. The summed E-state index contributed by atoms with van der Waals surface area (Å²) in [5.41, 5.74) is -1.17. The van der Waals surface area contributed by atoms with Gasteiger partial charge in [-0.1, -0.05) is 30.3 Å². The number of halogens is 3. The molecule has 0 spiro atoms. The lowest BCUT2D eigenvalue weighted by Crippen LogP contribution is -2.51. The van der Waals surface area contributed by atoms with Crippen LogP contribution < -0.4 is 10.2 Å². The maximum atomic E-state index is 13.4. The summed E-state index contributed by atoms with van der Waals surface area (Å²) in [4.78, 5) is 39.5. The van der Waals surface area contributed by atoms with E-state index in [0.717, 1.165) is 34.4 Å². The third-order valence-corrected chi connectivity index (χ3v) is 5.91. The molecule has 0 radical (unpaired) electrons. The molecule has 2 aromatic rings. The first kappa shape index (κ1) is 26.4. The van der Waals surface area contributed by atoms with Crippen LogP contribution in [0.2, 0.25) is 0 Å². The second-order valence-electron chi connectivity index (χ2n) is 8.76. The van der Waals surface area contributed by atoms with E-state index in [1.165, 1.54) is 6.07 Å². The van der Waals surface area contributed by atoms with Gasteiger partial charge in [0.15, 0.2) is 0 Å². The summed E-state index contributed by atoms with van der Waals surface area (Å²) in [6.45, 7) is 4.25. The Morgan fingerprint density at radius 3 is 2.43 bits per heavy atom. The number of fused-ring (bicyclic) bond motifs is 1. The number of thioether (sulfide) groups is 1. The molecule has 3 rings (SSSR count). The summed E-state index contributed by atoms with van der Waals surface area (Å²) in [6.07, 6.45) is -5.52. The highest BCUT2D eigenvalue weighted by atomic mass is 32.2. The number of hydrogen-bond donors (Lipinski definition) is 1. The van der Waals surface area contributed by atoms with Gasteiger partial charge in [0, 0.05) is 10.6 Å². The molecule has 1 atom stereocenters. The third-order valence-electron chi connectivity index (χ3n) is 4.76. The van der Waals surface area contributed by atoms with Crippen LogP contribution in [0.5, 0.6) is 0 Å². The molecule has 1 aliphatic rings. The largest absolute Gasteiger partial charge is 0.459 e. The van der Waals surface area contributed by atoms with Crippen molar-refractivity contribution in [2.24, 2.45) is 0 Å². The Labute approximate surface area is 205 Å². The van der Waals surface area contributed by atoms with Gasteiger partial charge >= 0.3 is 18.2 Å². The number of benzene rings is 2. The predicted molar refractivity (Wildman–Crippen MR) is 124 cm³/mol. The van der Waals surface area contributed by atoms with Crippen molar-refractivity contribution in [3.63, 3.8) is 0 Å². The SMILES string of the molecule is CC(C)(C)OC(=O)CN1C(=O)C(NC(=O)OCc2ccccc2)CSc2ccc(C(F)(F)F)cc21. The molecule has 0 saturated heterocycles. The average molecular weight is 511 g/mol. The monoisotopic (exact) mass is 510 g/mol. The standard InChI is InChI=1S/C24H25F3N2O5S/c1-23(2,3)34-20(30)12-29-18-11-16(24(25,26)27)9-10-19(18)35-14-17(21(29)31)28-22(32)33-13-15-7-5-4-6-8-15/h4-11,17H,12-14H2,1-3H3,(H,28,32). The Balaban J connectivity index is 1.83. The minimum atomic E-state index is -4.65. The molecule has 188 valence electrons. The predicted octanol–water partition coefficient (Wildman–Crippen LogP) is 4.78. The topological polar surface area (TPSA) is 84.9 Å². The number of carbonyl (C=O) groups excluding carboxylic acids is 3. The van der Waals surface area contributed by atoms with E-state index in [0.29, 0.717) is 4.90 Å². The highest BCUT2D eigenvalue weighted by molar-refractivity contribution is 7.99. The molecule has 11 heteroatoms. The van der Waals surface area contributed by atoms with E-state index < -0.39 is 47.9 Å². The smallest absolute Gasteiger partial charge is 0.416 e. The lowest BCUT2D eigenvalue weighted by atomic mass is 10.1. The van der Waals surface area contributed by atoms with Crippen molar-refractivity contribution in [3.05, 3.63) is 59.7 Å². The molecule has 35 heavy (non-hydrogen) atoms. The summed E-state index contributed by atoms with van der Waals surface area (Å²) in [6, 6.07) is 10.7. The van der Waals surface area contributed by atoms with E-state index in [1.54, 1.807) is 45.0 Å². The number of hydrogen-bond acceptors (Lipinski definition) is 6. The van der Waals surface area contributed by atoms with Gasteiger partial charge in [0.05, 0.1) is 11.3 Å². The van der Waals surface area contributed by atoms with Crippen molar-refractivity contribution < 1.29 is 37.0 Å². The number of alkyl carbamates (subject to hydrolysis) is 1. The van der Waals surface area contributed by atoms with Crippen LogP contribution in [0.25, 0.3) is 0 Å². The molecular weight excluding hydrogens is 485 g/mol. The van der Waals surface area contributed by atoms with Crippen molar-refractivity contribution >= 4 is 35.4 Å². The Kier molecular flexibility index (Phi) is 7.99. The average Bonchev–Trinajstić information content (AvgIpc) is 2.88. The number of anilines is 1. The number of rotatable bonds is 5. The van der Waals surface area contributed by atoms with Gasteiger partial charge in [-0.25, -0.2) is 4.79 Å². The molecule has 0 bridgehead atoms. The van der Waals surface area contributed by atoms with Gasteiger partial charge in [-0.2, -0.15) is 13.2 Å². The maximum absolute atomic E-state index is 13.4. The summed E-state index contributed by atoms with van der Waals surface area (Å²) in [5.74, 6) is -1.52. The molecule has 2 amide bonds. The van der Waals surface area contributed by atoms with E-state index >= 15 is 0 Å². The number of nitrogens with zero attached hydrogens (tertiary/aromatic N) is 1. The zero-order valence-corrected chi connectivity index (χ0v) is 20.2. The molecule has 0 fully saturated rings. The molecular formula is C24H25F3N2O5S. The number of amides is 2. The number of ether oxygens (including phenoxy) is 2. The van der Waals surface area contributed by atoms with Crippen LogP contribution in [0.4, 0.5) is 23.7 Å². The fourth-order valence-electron chi connectivity index (χ4n) is 3.25. The summed E-state index contributed by atoms with van der Waals surface area (Å²) < 4.78 is 50.5. The molecule has 1 aliphatic heterocycles. The van der Waals surface area contributed by atoms with E-state index in [2.05, 4.69) is 5.32 Å². The molecule has 7 nitrogen and oxygen atoms in total. The van der Waals surface area contributed by atoms with Crippen molar-refractivity contribution in [2.45, 2.75) is 50.1 Å². The molecule has 1 heterocycles. The van der Waals surface area contributed by atoms with Crippen LogP contribution in [-0.2, 0) is 31.8 Å². The van der Waals surface area contributed by atoms with Crippen LogP contribution in [0.15, 0.2) is 53.4 Å². The molecule has 0 saturated carbocycles. The first-order valence-corrected chi connectivity index (χ1v) is 11.7. The summed E-state index contributed by atoms with van der Waals surface area (Å²) in [7, 11) is 0. The zero-order valence-electron chi connectivity index (χ0n) is 19.3. The second kappa shape index (κ2) is 10.6. The van der Waals surface area contributed by atoms with Gasteiger partial charge in [-0.05, 0) is 44.5 Å². The van der Waals surface area contributed by atoms with Gasteiger partial charge < -0.3 is 14.8 Å². The Hall–Kier alpha value is -3.21. The molecule has 2 aromatic carbocycles. The fourth-order valence-corrected chi connectivity index (χ4v) is 4.31. The third kappa shape index (κ3) is 7.38. The van der Waals surface area contributed by atoms with Crippen LogP contribution >= 0.6 is 11.8 Å². The lowest BCUT2D eigenvalue weighted by Gasteiger charge is -2.27. The van der Waals surface area contributed by atoms with E-state index in [9.17, 15) is 27.6 Å². The van der Waals surface area contributed by atoms with Gasteiger partial charge in [-0.15, -0.1) is 11.8 Å². The summed E-state index contributed by atoms with van der Waals surface area (Å²) in [5, 5.41) is 2.46. The highest BCUT2D eigenvalue weighted by Crippen LogP contribution is 2.39. The quantitative estimate of drug-likeness (QED) is 0.583. The first-order chi connectivity index (χ1) is 16.3. The van der Waals surface area contributed by atoms with Crippen molar-refractivity contribution in [1.29, 1.82) is 0 Å². The van der Waals surface area contributed by atoms with Gasteiger partial charge in [0.25, 0.3) is 5.91 Å². The molecule has 0 aliphatic carbocycles. The lowest BCUT2D eigenvalue weighted by molar-refractivity contribution is -0.153. The number of alkyl halides is 3.